The second-order valence-electron chi connectivity index (χ2n) is 4.01. The van der Waals surface area contributed by atoms with Gasteiger partial charge in [0.05, 0.1) is 0 Å². The number of aromatic nitrogens is 5. The van der Waals surface area contributed by atoms with E-state index in [9.17, 15) is 0 Å². The molecule has 8 heteroatoms. The molecular weight excluding hydrogens is 220 g/mol. The van der Waals surface area contributed by atoms with E-state index in [1.165, 1.54) is 6.33 Å². The van der Waals surface area contributed by atoms with E-state index in [4.69, 9.17) is 5.84 Å². The van der Waals surface area contributed by atoms with Crippen LogP contribution >= 0.6 is 0 Å². The van der Waals surface area contributed by atoms with Gasteiger partial charge in [0.1, 0.15) is 6.33 Å². The number of hydrogen-bond acceptors (Lipinski definition) is 7. The monoisotopic (exact) mass is 236 g/mol. The molecule has 0 amide bonds. The summed E-state index contributed by atoms with van der Waals surface area (Å²) in [5.74, 6) is 5.84. The van der Waals surface area contributed by atoms with Crippen molar-refractivity contribution >= 4 is 17.0 Å². The molecule has 3 N–H and O–H groups in total. The van der Waals surface area contributed by atoms with Crippen LogP contribution in [0.1, 0.15) is 6.42 Å². The first-order valence-corrected chi connectivity index (χ1v) is 5.38. The molecule has 2 heterocycles. The van der Waals surface area contributed by atoms with Crippen molar-refractivity contribution < 1.29 is 0 Å². The van der Waals surface area contributed by atoms with Crippen LogP contribution in [0.15, 0.2) is 6.33 Å². The smallest absolute Gasteiger partial charge is 0.183 e. The lowest BCUT2D eigenvalue weighted by molar-refractivity contribution is 0.380. The van der Waals surface area contributed by atoms with E-state index in [0.717, 1.165) is 19.5 Å². The minimum absolute atomic E-state index is 0.494. The van der Waals surface area contributed by atoms with Crippen LogP contribution in [0.4, 0.5) is 5.82 Å². The van der Waals surface area contributed by atoms with Crippen molar-refractivity contribution in [2.45, 2.75) is 13.0 Å². The summed E-state index contributed by atoms with van der Waals surface area (Å²) < 4.78 is 1.77. The van der Waals surface area contributed by atoms with Crippen LogP contribution in [0.5, 0.6) is 0 Å². The quantitative estimate of drug-likeness (QED) is 0.531. The number of rotatable bonds is 5. The minimum atomic E-state index is 0.494. The summed E-state index contributed by atoms with van der Waals surface area (Å²) >= 11 is 0. The fourth-order valence-electron chi connectivity index (χ4n) is 1.58. The van der Waals surface area contributed by atoms with Crippen molar-refractivity contribution in [1.82, 2.24) is 29.9 Å². The Hall–Kier alpha value is -1.80. The number of nitrogen functional groups attached to an aromatic ring is 1. The van der Waals surface area contributed by atoms with Gasteiger partial charge in [-0.1, -0.05) is 5.21 Å². The fraction of sp³-hybridized carbons (Fsp3) is 0.556. The molecule has 0 saturated heterocycles. The Kier molecular flexibility index (Phi) is 3.45. The first-order valence-electron chi connectivity index (χ1n) is 5.38. The first-order chi connectivity index (χ1) is 8.22. The van der Waals surface area contributed by atoms with E-state index in [2.05, 4.69) is 30.6 Å². The van der Waals surface area contributed by atoms with Gasteiger partial charge in [0.25, 0.3) is 0 Å². The number of nitrogens with zero attached hydrogens (tertiary/aromatic N) is 6. The molecule has 0 aliphatic heterocycles. The van der Waals surface area contributed by atoms with Gasteiger partial charge in [-0.15, -0.1) is 5.10 Å². The maximum absolute atomic E-state index is 5.34. The molecule has 92 valence electrons. The molecule has 2 rings (SSSR count). The van der Waals surface area contributed by atoms with Gasteiger partial charge in [-0.25, -0.2) is 20.5 Å². The summed E-state index contributed by atoms with van der Waals surface area (Å²) in [5.41, 5.74) is 3.78. The second-order valence-corrected chi connectivity index (χ2v) is 4.01. The van der Waals surface area contributed by atoms with Crippen LogP contribution < -0.4 is 11.3 Å². The lowest BCUT2D eigenvalue weighted by Gasteiger charge is -2.08. The average Bonchev–Trinajstić information content (AvgIpc) is 2.72. The van der Waals surface area contributed by atoms with Crippen molar-refractivity contribution in [1.29, 1.82) is 0 Å². The molecule has 8 nitrogen and oxygen atoms in total. The third-order valence-corrected chi connectivity index (χ3v) is 2.41. The summed E-state index contributed by atoms with van der Waals surface area (Å²) in [7, 11) is 4.08. The highest BCUT2D eigenvalue weighted by Crippen LogP contribution is 2.14. The van der Waals surface area contributed by atoms with Gasteiger partial charge in [0.2, 0.25) is 0 Å². The van der Waals surface area contributed by atoms with Gasteiger partial charge < -0.3 is 10.3 Å². The Bertz CT molecular complexity index is 491. The zero-order valence-corrected chi connectivity index (χ0v) is 9.96. The van der Waals surface area contributed by atoms with Crippen LogP contribution in [-0.2, 0) is 6.54 Å². The van der Waals surface area contributed by atoms with E-state index in [1.54, 1.807) is 4.68 Å². The van der Waals surface area contributed by atoms with Gasteiger partial charge in [0.15, 0.2) is 17.0 Å². The van der Waals surface area contributed by atoms with E-state index < -0.39 is 0 Å². The molecule has 0 fully saturated rings. The van der Waals surface area contributed by atoms with Crippen molar-refractivity contribution in [3.8, 4) is 0 Å². The van der Waals surface area contributed by atoms with Crippen LogP contribution in [0.3, 0.4) is 0 Å². The number of fused-ring (bicyclic) bond motifs is 1. The van der Waals surface area contributed by atoms with Gasteiger partial charge in [-0.2, -0.15) is 0 Å². The second kappa shape index (κ2) is 5.02. The average molecular weight is 236 g/mol. The highest BCUT2D eigenvalue weighted by molar-refractivity contribution is 5.81. The highest BCUT2D eigenvalue weighted by atomic mass is 15.4. The van der Waals surface area contributed by atoms with E-state index in [0.29, 0.717) is 17.0 Å². The SMILES string of the molecule is CN(C)CCCn1nnc2c(NN)ncnc21. The maximum atomic E-state index is 5.34. The van der Waals surface area contributed by atoms with Crippen LogP contribution in [0, 0.1) is 0 Å². The predicted molar refractivity (Wildman–Crippen MR) is 64.1 cm³/mol. The molecule has 2 aromatic heterocycles. The van der Waals surface area contributed by atoms with Crippen LogP contribution in [0.25, 0.3) is 11.2 Å². The molecule has 0 bridgehead atoms. The van der Waals surface area contributed by atoms with Crippen LogP contribution in [0.2, 0.25) is 0 Å². The van der Waals surface area contributed by atoms with Gasteiger partial charge in [0, 0.05) is 6.54 Å². The number of aryl methyl sites for hydroxylation is 1. The van der Waals surface area contributed by atoms with Crippen LogP contribution in [-0.4, -0.2) is 50.5 Å². The summed E-state index contributed by atoms with van der Waals surface area (Å²) in [6.45, 7) is 1.77. The summed E-state index contributed by atoms with van der Waals surface area (Å²) in [4.78, 5) is 10.3. The Labute approximate surface area is 98.8 Å². The Morgan fingerprint density at radius 3 is 2.94 bits per heavy atom. The third kappa shape index (κ3) is 2.48. The standard InChI is InChI=1S/C9H16N8/c1-16(2)4-3-5-17-9-7(14-15-17)8(13-10)11-6-12-9/h6H,3-5,10H2,1-2H3,(H,11,12,13). The highest BCUT2D eigenvalue weighted by Gasteiger charge is 2.10. The Balaban J connectivity index is 2.18. The van der Waals surface area contributed by atoms with E-state index >= 15 is 0 Å². The number of hydrazine groups is 1. The number of nitrogens with one attached hydrogen (secondary N) is 1. The predicted octanol–water partition coefficient (Wildman–Crippen LogP) is -0.541. The molecule has 0 saturated carbocycles. The van der Waals surface area contributed by atoms with Gasteiger partial charge in [-0.3, -0.25) is 0 Å². The van der Waals surface area contributed by atoms with Crippen molar-refractivity contribution in [3.05, 3.63) is 6.33 Å². The third-order valence-electron chi connectivity index (χ3n) is 2.41. The number of anilines is 1. The normalized spacial score (nSPS) is 11.3. The number of hydrogen-bond donors (Lipinski definition) is 2. The molecule has 0 unspecified atom stereocenters. The Morgan fingerprint density at radius 1 is 1.41 bits per heavy atom. The number of nitrogens with two attached hydrogens (primary N) is 1. The van der Waals surface area contributed by atoms with E-state index in [-0.39, 0.29) is 0 Å². The zero-order valence-electron chi connectivity index (χ0n) is 9.96. The molecular formula is C9H16N8. The molecule has 0 spiro atoms. The molecule has 0 atom stereocenters. The molecule has 0 aromatic carbocycles. The maximum Gasteiger partial charge on any atom is 0.183 e. The molecule has 0 aliphatic rings. The van der Waals surface area contributed by atoms with Gasteiger partial charge >= 0.3 is 0 Å². The largest absolute Gasteiger partial charge is 0.309 e. The zero-order chi connectivity index (χ0) is 12.3. The van der Waals surface area contributed by atoms with Crippen molar-refractivity contribution in [3.63, 3.8) is 0 Å². The molecule has 0 radical (unpaired) electrons. The summed E-state index contributed by atoms with van der Waals surface area (Å²) in [5, 5.41) is 8.07. The van der Waals surface area contributed by atoms with Crippen molar-refractivity contribution in [2.75, 3.05) is 26.1 Å². The first kappa shape index (κ1) is 11.7. The topological polar surface area (TPSA) is 97.8 Å². The molecule has 17 heavy (non-hydrogen) atoms. The summed E-state index contributed by atoms with van der Waals surface area (Å²) in [6.07, 6.45) is 2.43. The van der Waals surface area contributed by atoms with E-state index in [1.807, 2.05) is 14.1 Å². The summed E-state index contributed by atoms with van der Waals surface area (Å²) in [6, 6.07) is 0. The lowest BCUT2D eigenvalue weighted by Crippen LogP contribution is -2.15. The van der Waals surface area contributed by atoms with Crippen molar-refractivity contribution in [2.24, 2.45) is 5.84 Å². The van der Waals surface area contributed by atoms with Gasteiger partial charge in [-0.05, 0) is 27.1 Å². The molecule has 2 aromatic rings. The molecule has 0 aliphatic carbocycles. The fourth-order valence-corrected chi connectivity index (χ4v) is 1.58. The Morgan fingerprint density at radius 2 is 2.24 bits per heavy atom. The lowest BCUT2D eigenvalue weighted by atomic mass is 10.4. The minimum Gasteiger partial charge on any atom is -0.309 e.